The van der Waals surface area contributed by atoms with Crippen molar-refractivity contribution in [1.29, 1.82) is 0 Å². The number of hydrogen-bond donors (Lipinski definition) is 0. The van der Waals surface area contributed by atoms with Crippen molar-refractivity contribution in [1.82, 2.24) is 0 Å². The zero-order valence-electron chi connectivity index (χ0n) is 13.5. The van der Waals surface area contributed by atoms with Crippen LogP contribution in [0, 0.1) is 0 Å². The first-order valence-corrected chi connectivity index (χ1v) is 10.0. The van der Waals surface area contributed by atoms with Gasteiger partial charge in [0.05, 0.1) is 6.61 Å². The Kier molecular flexibility index (Phi) is 3.82. The summed E-state index contributed by atoms with van der Waals surface area (Å²) in [5.41, 5.74) is 0. The third kappa shape index (κ3) is 2.93. The fraction of sp³-hybridized carbons (Fsp3) is 0.929. The van der Waals surface area contributed by atoms with Crippen molar-refractivity contribution in [2.24, 2.45) is 0 Å². The van der Waals surface area contributed by atoms with Gasteiger partial charge >= 0.3 is 5.97 Å². The molecule has 6 heteroatoms. The molecular weight excluding hydrogens is 276 g/mol. The van der Waals surface area contributed by atoms with Crippen LogP contribution in [0.2, 0.25) is 18.1 Å². The number of hydrogen-bond acceptors (Lipinski definition) is 5. The molecule has 1 unspecified atom stereocenters. The monoisotopic (exact) mass is 302 g/mol. The van der Waals surface area contributed by atoms with Gasteiger partial charge in [-0.3, -0.25) is 0 Å². The number of carbonyl (C=O) groups excluding carboxylic acids is 1. The first-order chi connectivity index (χ1) is 8.93. The number of fused-ring (bicyclic) bond motifs is 1. The minimum absolute atomic E-state index is 0.126. The molecule has 0 aliphatic carbocycles. The van der Waals surface area contributed by atoms with E-state index < -0.39 is 20.2 Å². The van der Waals surface area contributed by atoms with E-state index in [1.54, 1.807) is 0 Å². The topological polar surface area (TPSA) is 54.0 Å². The fourth-order valence-corrected chi connectivity index (χ4v) is 3.18. The zero-order valence-corrected chi connectivity index (χ0v) is 14.5. The summed E-state index contributed by atoms with van der Waals surface area (Å²) in [6.45, 7) is 14.9. The van der Waals surface area contributed by atoms with Crippen molar-refractivity contribution in [2.75, 3.05) is 6.61 Å². The first kappa shape index (κ1) is 15.9. The Morgan fingerprint density at radius 1 is 1.25 bits per heavy atom. The van der Waals surface area contributed by atoms with E-state index in [-0.39, 0.29) is 23.2 Å². The molecule has 2 aliphatic rings. The van der Waals surface area contributed by atoms with Gasteiger partial charge in [-0.2, -0.15) is 0 Å². The minimum atomic E-state index is -1.86. The largest absolute Gasteiger partial charge is 0.455 e. The highest BCUT2D eigenvalue weighted by atomic mass is 28.4. The summed E-state index contributed by atoms with van der Waals surface area (Å²) >= 11 is 0. The number of rotatable bonds is 3. The van der Waals surface area contributed by atoms with Crippen LogP contribution >= 0.6 is 0 Å². The van der Waals surface area contributed by atoms with Gasteiger partial charge in [-0.05, 0) is 32.0 Å². The summed E-state index contributed by atoms with van der Waals surface area (Å²) < 4.78 is 22.8. The second-order valence-electron chi connectivity index (χ2n) is 7.57. The van der Waals surface area contributed by atoms with Crippen molar-refractivity contribution >= 4 is 14.3 Å². The van der Waals surface area contributed by atoms with Crippen molar-refractivity contribution in [3.8, 4) is 0 Å². The van der Waals surface area contributed by atoms with Crippen LogP contribution in [0.15, 0.2) is 0 Å². The molecule has 0 aromatic rings. The van der Waals surface area contributed by atoms with Gasteiger partial charge < -0.3 is 18.6 Å². The molecule has 0 bridgehead atoms. The molecule has 0 radical (unpaired) electrons. The lowest BCUT2D eigenvalue weighted by Gasteiger charge is -2.37. The molecule has 2 heterocycles. The standard InChI is InChI=1S/C14H26O5Si/c1-13(2,3)20(6,7)16-8-9-10-11(12(15)17-9)19-14(4,5)18-10/h9-11H,8H2,1-7H3/t9-,10?,11-/m1/s1. The predicted molar refractivity (Wildman–Crippen MR) is 76.9 cm³/mol. The molecule has 5 nitrogen and oxygen atoms in total. The summed E-state index contributed by atoms with van der Waals surface area (Å²) in [7, 11) is -1.86. The molecule has 0 aromatic carbocycles. The van der Waals surface area contributed by atoms with E-state index in [9.17, 15) is 4.79 Å². The molecule has 0 spiro atoms. The summed E-state index contributed by atoms with van der Waals surface area (Å²) in [6.07, 6.45) is -1.34. The van der Waals surface area contributed by atoms with Crippen LogP contribution in [0.4, 0.5) is 0 Å². The average Bonchev–Trinajstić information content (AvgIpc) is 2.70. The van der Waals surface area contributed by atoms with Gasteiger partial charge in [-0.1, -0.05) is 20.8 Å². The van der Waals surface area contributed by atoms with Crippen LogP contribution in [-0.2, 0) is 23.4 Å². The van der Waals surface area contributed by atoms with Gasteiger partial charge in [-0.25, -0.2) is 4.79 Å². The maximum absolute atomic E-state index is 11.8. The van der Waals surface area contributed by atoms with E-state index in [2.05, 4.69) is 33.9 Å². The second kappa shape index (κ2) is 4.80. The van der Waals surface area contributed by atoms with Crippen LogP contribution in [0.3, 0.4) is 0 Å². The van der Waals surface area contributed by atoms with Crippen LogP contribution in [0.1, 0.15) is 34.6 Å². The Balaban J connectivity index is 2.00. The minimum Gasteiger partial charge on any atom is -0.455 e. The average molecular weight is 302 g/mol. The molecule has 0 amide bonds. The summed E-state index contributed by atoms with van der Waals surface area (Å²) in [6, 6.07) is 0. The van der Waals surface area contributed by atoms with Gasteiger partial charge in [0, 0.05) is 0 Å². The lowest BCUT2D eigenvalue weighted by molar-refractivity contribution is -0.188. The molecule has 2 fully saturated rings. The van der Waals surface area contributed by atoms with Gasteiger partial charge in [-0.15, -0.1) is 0 Å². The van der Waals surface area contributed by atoms with E-state index >= 15 is 0 Å². The Morgan fingerprint density at radius 2 is 1.85 bits per heavy atom. The molecule has 0 aromatic heterocycles. The number of ether oxygens (including phenoxy) is 3. The van der Waals surface area contributed by atoms with Crippen LogP contribution in [-0.4, -0.2) is 45.0 Å². The zero-order chi connectivity index (χ0) is 15.3. The van der Waals surface area contributed by atoms with E-state index in [4.69, 9.17) is 18.6 Å². The van der Waals surface area contributed by atoms with Gasteiger partial charge in [0.1, 0.15) is 6.10 Å². The maximum Gasteiger partial charge on any atom is 0.338 e. The molecule has 2 saturated heterocycles. The Labute approximate surface area is 122 Å². The molecular formula is C14H26O5Si. The van der Waals surface area contributed by atoms with Crippen molar-refractivity contribution in [3.63, 3.8) is 0 Å². The summed E-state index contributed by atoms with van der Waals surface area (Å²) in [4.78, 5) is 11.8. The highest BCUT2D eigenvalue weighted by Gasteiger charge is 2.56. The van der Waals surface area contributed by atoms with Crippen molar-refractivity contribution in [2.45, 2.75) is 76.8 Å². The Morgan fingerprint density at radius 3 is 2.40 bits per heavy atom. The van der Waals surface area contributed by atoms with Crippen LogP contribution in [0.5, 0.6) is 0 Å². The molecule has 20 heavy (non-hydrogen) atoms. The van der Waals surface area contributed by atoms with E-state index in [0.29, 0.717) is 6.61 Å². The lowest BCUT2D eigenvalue weighted by atomic mass is 10.1. The smallest absolute Gasteiger partial charge is 0.338 e. The Bertz CT molecular complexity index is 399. The van der Waals surface area contributed by atoms with Crippen LogP contribution < -0.4 is 0 Å². The predicted octanol–water partition coefficient (Wildman–Crippen LogP) is 2.45. The quantitative estimate of drug-likeness (QED) is 0.592. The normalized spacial score (nSPS) is 33.1. The SMILES string of the molecule is CC1(C)OC2[C@@H](CO[Si](C)(C)C(C)(C)C)OC(=O)[C@@H]2O1. The molecule has 116 valence electrons. The first-order valence-electron chi connectivity index (χ1n) is 7.13. The number of esters is 1. The second-order valence-corrected chi connectivity index (χ2v) is 12.4. The molecule has 2 rings (SSSR count). The van der Waals surface area contributed by atoms with E-state index in [1.807, 2.05) is 13.8 Å². The van der Waals surface area contributed by atoms with Gasteiger partial charge in [0.2, 0.25) is 0 Å². The number of carbonyl (C=O) groups is 1. The molecule has 3 atom stereocenters. The van der Waals surface area contributed by atoms with Crippen molar-refractivity contribution < 1.29 is 23.4 Å². The summed E-state index contributed by atoms with van der Waals surface area (Å²) in [5.74, 6) is -1.08. The fourth-order valence-electron chi connectivity index (χ4n) is 2.16. The third-order valence-electron chi connectivity index (χ3n) is 4.41. The highest BCUT2D eigenvalue weighted by Crippen LogP contribution is 2.39. The highest BCUT2D eigenvalue weighted by molar-refractivity contribution is 6.74. The third-order valence-corrected chi connectivity index (χ3v) is 8.91. The molecule has 0 saturated carbocycles. The molecule has 0 N–H and O–H groups in total. The van der Waals surface area contributed by atoms with E-state index in [1.165, 1.54) is 0 Å². The molecule has 2 aliphatic heterocycles. The Hall–Kier alpha value is -0.433. The van der Waals surface area contributed by atoms with Gasteiger partial charge in [0.25, 0.3) is 0 Å². The van der Waals surface area contributed by atoms with Crippen molar-refractivity contribution in [3.05, 3.63) is 0 Å². The van der Waals surface area contributed by atoms with Gasteiger partial charge in [0.15, 0.2) is 26.3 Å². The maximum atomic E-state index is 11.8. The number of cyclic esters (lactones) is 1. The van der Waals surface area contributed by atoms with Crippen LogP contribution in [0.25, 0.3) is 0 Å². The lowest BCUT2D eigenvalue weighted by Crippen LogP contribution is -2.44. The summed E-state index contributed by atoms with van der Waals surface area (Å²) in [5, 5.41) is 0.126. The van der Waals surface area contributed by atoms with E-state index in [0.717, 1.165) is 0 Å².